The molecule has 4 nitrogen and oxygen atoms in total. The van der Waals surface area contributed by atoms with E-state index in [1.54, 1.807) is 0 Å². The van der Waals surface area contributed by atoms with Crippen molar-refractivity contribution in [3.63, 3.8) is 0 Å². The van der Waals surface area contributed by atoms with Crippen LogP contribution in [0.2, 0.25) is 5.04 Å². The van der Waals surface area contributed by atoms with E-state index < -0.39 is 19.8 Å². The van der Waals surface area contributed by atoms with Crippen LogP contribution in [0.15, 0.2) is 72.3 Å². The molecule has 5 heteroatoms. The van der Waals surface area contributed by atoms with E-state index in [0.717, 1.165) is 19.3 Å². The van der Waals surface area contributed by atoms with E-state index in [4.69, 9.17) is 9.16 Å². The van der Waals surface area contributed by atoms with Gasteiger partial charge in [-0.25, -0.2) is 0 Å². The summed E-state index contributed by atoms with van der Waals surface area (Å²) in [5.41, 5.74) is 0.395. The zero-order valence-corrected chi connectivity index (χ0v) is 28.2. The molecule has 0 heterocycles. The quantitative estimate of drug-likeness (QED) is 0.227. The molecule has 5 rings (SSSR count). The summed E-state index contributed by atoms with van der Waals surface area (Å²) in [6.07, 6.45) is 4.32. The molecule has 228 valence electrons. The number of aliphatic hydroxyl groups is 1. The van der Waals surface area contributed by atoms with Crippen molar-refractivity contribution in [2.45, 2.75) is 98.8 Å². The lowest BCUT2D eigenvalue weighted by atomic mass is 9.52. The molecule has 0 bridgehead atoms. The van der Waals surface area contributed by atoms with Crippen molar-refractivity contribution < 1.29 is 19.1 Å². The van der Waals surface area contributed by atoms with Crippen LogP contribution in [-0.4, -0.2) is 38.2 Å². The number of carbonyl (C=O) groups excluding carboxylic acids is 1. The van der Waals surface area contributed by atoms with Crippen LogP contribution in [-0.2, 0) is 14.0 Å². The SMILES string of the molecule is C[C@@H]1[C@@H](OC(=O)C(C)(C)C)C[C@H]2C(C)(C)C=C3[C@H](O)CC[C@@]32[C@H]1CO[Si](c1ccccc1)(c1ccccc1)C(C)(C)C. The minimum Gasteiger partial charge on any atom is -0.462 e. The molecular formula is C37H52O4Si. The molecular weight excluding hydrogens is 536 g/mol. The predicted molar refractivity (Wildman–Crippen MR) is 173 cm³/mol. The van der Waals surface area contributed by atoms with Gasteiger partial charge in [-0.1, -0.05) is 108 Å². The average molecular weight is 589 g/mol. The lowest BCUT2D eigenvalue weighted by molar-refractivity contribution is -0.174. The molecule has 2 saturated carbocycles. The second kappa shape index (κ2) is 10.7. The molecule has 1 spiro atoms. The Bertz CT molecular complexity index is 1260. The third kappa shape index (κ3) is 4.94. The van der Waals surface area contributed by atoms with Crippen molar-refractivity contribution in [3.8, 4) is 0 Å². The topological polar surface area (TPSA) is 55.8 Å². The van der Waals surface area contributed by atoms with Crippen molar-refractivity contribution in [2.75, 3.05) is 6.61 Å². The normalized spacial score (nSPS) is 30.8. The molecule has 0 aliphatic heterocycles. The van der Waals surface area contributed by atoms with Crippen LogP contribution < -0.4 is 10.4 Å². The van der Waals surface area contributed by atoms with Crippen LogP contribution >= 0.6 is 0 Å². The highest BCUT2D eigenvalue weighted by atomic mass is 28.4. The Morgan fingerprint density at radius 1 is 0.952 bits per heavy atom. The van der Waals surface area contributed by atoms with Gasteiger partial charge in [0.15, 0.2) is 0 Å². The van der Waals surface area contributed by atoms with Crippen LogP contribution in [0.1, 0.15) is 81.6 Å². The highest BCUT2D eigenvalue weighted by Gasteiger charge is 2.66. The van der Waals surface area contributed by atoms with Gasteiger partial charge >= 0.3 is 5.97 Å². The maximum Gasteiger partial charge on any atom is 0.311 e. The van der Waals surface area contributed by atoms with E-state index in [2.05, 4.69) is 108 Å². The summed E-state index contributed by atoms with van der Waals surface area (Å²) < 4.78 is 14.0. The van der Waals surface area contributed by atoms with Crippen LogP contribution in [0.5, 0.6) is 0 Å². The van der Waals surface area contributed by atoms with Gasteiger partial charge in [0.25, 0.3) is 8.32 Å². The molecule has 3 aliphatic carbocycles. The van der Waals surface area contributed by atoms with Crippen molar-refractivity contribution in [2.24, 2.45) is 34.0 Å². The second-order valence-corrected chi connectivity index (χ2v) is 20.2. The first kappa shape index (κ1) is 31.2. The molecule has 0 radical (unpaired) electrons. The first-order valence-electron chi connectivity index (χ1n) is 15.9. The summed E-state index contributed by atoms with van der Waals surface area (Å²) in [5, 5.41) is 13.7. The number of allylic oxidation sites excluding steroid dienone is 1. The van der Waals surface area contributed by atoms with Gasteiger partial charge in [-0.2, -0.15) is 0 Å². The van der Waals surface area contributed by atoms with Gasteiger partial charge in [-0.15, -0.1) is 0 Å². The molecule has 0 aromatic heterocycles. The van der Waals surface area contributed by atoms with E-state index >= 15 is 0 Å². The van der Waals surface area contributed by atoms with Gasteiger partial charge in [0.05, 0.1) is 11.5 Å². The molecule has 0 unspecified atom stereocenters. The van der Waals surface area contributed by atoms with Gasteiger partial charge in [0.1, 0.15) is 6.10 Å². The fraction of sp³-hybridized carbons (Fsp3) is 0.595. The van der Waals surface area contributed by atoms with Crippen molar-refractivity contribution in [1.82, 2.24) is 0 Å². The van der Waals surface area contributed by atoms with E-state index in [1.165, 1.54) is 15.9 Å². The molecule has 6 atom stereocenters. The lowest BCUT2D eigenvalue weighted by Crippen LogP contribution is -2.67. The summed E-state index contributed by atoms with van der Waals surface area (Å²) in [6.45, 7) is 20.2. The third-order valence-electron chi connectivity index (χ3n) is 10.9. The van der Waals surface area contributed by atoms with E-state index in [9.17, 15) is 9.90 Å². The van der Waals surface area contributed by atoms with Crippen molar-refractivity contribution in [1.29, 1.82) is 0 Å². The minimum atomic E-state index is -2.78. The standard InChI is InChI=1S/C37H52O4Si/c1-25-29(24-40-42(35(5,6)7,26-16-12-10-13-17-26)27-18-14-11-15-19-27)37-21-20-30(38)28(37)23-36(8,9)32(37)22-31(25)41-33(39)34(2,3)4/h10-19,23,25,29-32,38H,20-22,24H2,1-9H3/t25-,29-,30+,31-,32-,37-/m0/s1. The van der Waals surface area contributed by atoms with Gasteiger partial charge in [-0.3, -0.25) is 4.79 Å². The molecule has 0 amide bonds. The summed E-state index contributed by atoms with van der Waals surface area (Å²) in [6, 6.07) is 21.6. The Balaban J connectivity index is 1.62. The van der Waals surface area contributed by atoms with Gasteiger partial charge in [-0.05, 0) is 84.2 Å². The summed E-state index contributed by atoms with van der Waals surface area (Å²) in [7, 11) is -2.78. The highest BCUT2D eigenvalue weighted by Crippen LogP contribution is 2.69. The maximum atomic E-state index is 13.2. The second-order valence-electron chi connectivity index (χ2n) is 15.9. The Kier molecular flexibility index (Phi) is 7.99. The Morgan fingerprint density at radius 3 is 2.00 bits per heavy atom. The summed E-state index contributed by atoms with van der Waals surface area (Å²) >= 11 is 0. The predicted octanol–water partition coefficient (Wildman–Crippen LogP) is 6.90. The van der Waals surface area contributed by atoms with E-state index in [1.807, 2.05) is 20.8 Å². The van der Waals surface area contributed by atoms with E-state index in [0.29, 0.717) is 6.61 Å². The number of aliphatic hydroxyl groups excluding tert-OH is 1. The third-order valence-corrected chi connectivity index (χ3v) is 15.9. The molecule has 2 aromatic rings. The minimum absolute atomic E-state index is 0.0911. The van der Waals surface area contributed by atoms with Gasteiger partial charge in [0.2, 0.25) is 0 Å². The number of ether oxygens (including phenoxy) is 1. The average Bonchev–Trinajstić information content (AvgIpc) is 3.34. The largest absolute Gasteiger partial charge is 0.462 e. The molecule has 0 saturated heterocycles. The summed E-state index contributed by atoms with van der Waals surface area (Å²) in [5.74, 6) is 0.338. The number of benzene rings is 2. The fourth-order valence-electron chi connectivity index (χ4n) is 8.85. The molecule has 42 heavy (non-hydrogen) atoms. The molecule has 3 aliphatic rings. The van der Waals surface area contributed by atoms with Crippen LogP contribution in [0.3, 0.4) is 0 Å². The monoisotopic (exact) mass is 588 g/mol. The fourth-order valence-corrected chi connectivity index (χ4v) is 13.4. The number of carbonyl (C=O) groups is 1. The highest BCUT2D eigenvalue weighted by molar-refractivity contribution is 6.99. The number of rotatable bonds is 6. The first-order valence-corrected chi connectivity index (χ1v) is 17.8. The van der Waals surface area contributed by atoms with Gasteiger partial charge < -0.3 is 14.3 Å². The lowest BCUT2D eigenvalue weighted by Gasteiger charge is -2.55. The van der Waals surface area contributed by atoms with Crippen molar-refractivity contribution in [3.05, 3.63) is 72.3 Å². The zero-order chi connectivity index (χ0) is 30.7. The van der Waals surface area contributed by atoms with Gasteiger partial charge in [0, 0.05) is 12.0 Å². The Hall–Kier alpha value is -2.21. The van der Waals surface area contributed by atoms with E-state index in [-0.39, 0.29) is 45.7 Å². The van der Waals surface area contributed by atoms with Crippen LogP contribution in [0, 0.1) is 34.0 Å². The zero-order valence-electron chi connectivity index (χ0n) is 27.2. The number of hydrogen-bond donors (Lipinski definition) is 1. The Labute approximate surface area is 255 Å². The molecule has 1 N–H and O–H groups in total. The smallest absolute Gasteiger partial charge is 0.311 e. The van der Waals surface area contributed by atoms with Crippen molar-refractivity contribution >= 4 is 24.7 Å². The van der Waals surface area contributed by atoms with Crippen LogP contribution in [0.25, 0.3) is 0 Å². The summed E-state index contributed by atoms with van der Waals surface area (Å²) in [4.78, 5) is 13.2. The number of hydrogen-bond acceptors (Lipinski definition) is 4. The molecule has 2 aromatic carbocycles. The first-order chi connectivity index (χ1) is 19.6. The molecule has 2 fully saturated rings. The maximum absolute atomic E-state index is 13.2. The number of esters is 1. The Morgan fingerprint density at radius 2 is 1.50 bits per heavy atom. The van der Waals surface area contributed by atoms with Crippen LogP contribution in [0.4, 0.5) is 0 Å².